The van der Waals surface area contributed by atoms with Crippen molar-refractivity contribution in [3.05, 3.63) is 71.1 Å². The summed E-state index contributed by atoms with van der Waals surface area (Å²) in [6.45, 7) is 1.45. The molecule has 0 spiro atoms. The Bertz CT molecular complexity index is 1080. The number of nitrogens with zero attached hydrogens (tertiary/aromatic N) is 1. The van der Waals surface area contributed by atoms with Crippen molar-refractivity contribution in [1.82, 2.24) is 0 Å². The average Bonchev–Trinajstić information content (AvgIpc) is 3.05. The van der Waals surface area contributed by atoms with Gasteiger partial charge in [-0.05, 0) is 42.8 Å². The van der Waals surface area contributed by atoms with E-state index < -0.39 is 5.97 Å². The zero-order valence-electron chi connectivity index (χ0n) is 17.3. The molecule has 0 saturated carbocycles. The van der Waals surface area contributed by atoms with Gasteiger partial charge in [0.15, 0.2) is 12.4 Å². The third-order valence-electron chi connectivity index (χ3n) is 4.45. The van der Waals surface area contributed by atoms with Gasteiger partial charge in [0.2, 0.25) is 0 Å². The number of aliphatic hydroxyl groups excluding tert-OH is 1. The van der Waals surface area contributed by atoms with Crippen LogP contribution in [0.25, 0.3) is 6.08 Å². The van der Waals surface area contributed by atoms with Gasteiger partial charge < -0.3 is 24.6 Å². The summed E-state index contributed by atoms with van der Waals surface area (Å²) in [6.07, 6.45) is 1.63. The number of carbonyl (C=O) groups excluding carboxylic acids is 2. The Morgan fingerprint density at radius 1 is 1.10 bits per heavy atom. The number of methoxy groups -OCH3 is 2. The van der Waals surface area contributed by atoms with E-state index in [2.05, 4.69) is 15.0 Å². The lowest BCUT2D eigenvalue weighted by atomic mass is 10.1. The lowest BCUT2D eigenvalue weighted by molar-refractivity contribution is -0.135. The molecule has 8 nitrogen and oxygen atoms in total. The maximum absolute atomic E-state index is 12.1. The van der Waals surface area contributed by atoms with E-state index in [9.17, 15) is 14.7 Å². The Kier molecular flexibility index (Phi) is 6.71. The normalized spacial score (nSPS) is 14.3. The second-order valence-electron chi connectivity index (χ2n) is 6.55. The second kappa shape index (κ2) is 9.62. The summed E-state index contributed by atoms with van der Waals surface area (Å²) >= 11 is 0. The lowest BCUT2D eigenvalue weighted by Crippen LogP contribution is -2.20. The van der Waals surface area contributed by atoms with Gasteiger partial charge in [-0.25, -0.2) is 9.79 Å². The summed E-state index contributed by atoms with van der Waals surface area (Å²) < 4.78 is 15.4. The second-order valence-corrected chi connectivity index (χ2v) is 6.55. The highest BCUT2D eigenvalue weighted by Gasteiger charge is 2.27. The summed E-state index contributed by atoms with van der Waals surface area (Å²) in [6, 6.07) is 14.0. The molecule has 2 N–H and O–H groups in total. The van der Waals surface area contributed by atoms with Crippen molar-refractivity contribution in [2.45, 2.75) is 6.92 Å². The van der Waals surface area contributed by atoms with E-state index in [1.807, 2.05) is 6.07 Å². The molecule has 0 fully saturated rings. The number of ether oxygens (including phenoxy) is 3. The first kappa shape index (κ1) is 21.6. The number of aliphatic hydroxyl groups is 1. The van der Waals surface area contributed by atoms with Crippen LogP contribution in [0, 0.1) is 0 Å². The largest absolute Gasteiger partial charge is 0.505 e. The zero-order valence-corrected chi connectivity index (χ0v) is 17.3. The Morgan fingerprint density at radius 2 is 1.81 bits per heavy atom. The average molecular weight is 422 g/mol. The Labute approximate surface area is 179 Å². The predicted molar refractivity (Wildman–Crippen MR) is 116 cm³/mol. The molecule has 0 unspecified atom stereocenters. The van der Waals surface area contributed by atoms with Gasteiger partial charge in [-0.3, -0.25) is 4.79 Å². The van der Waals surface area contributed by atoms with Crippen LogP contribution in [0.2, 0.25) is 0 Å². The molecule has 2 aromatic rings. The van der Waals surface area contributed by atoms with E-state index in [0.29, 0.717) is 22.9 Å². The molecule has 0 aromatic heterocycles. The first-order valence-corrected chi connectivity index (χ1v) is 9.38. The number of aliphatic imine (C=N–C) groups is 1. The number of amides is 1. The molecule has 8 heteroatoms. The highest BCUT2D eigenvalue weighted by molar-refractivity contribution is 6.22. The maximum Gasteiger partial charge on any atom is 0.343 e. The van der Waals surface area contributed by atoms with Gasteiger partial charge in [0, 0.05) is 0 Å². The molecule has 0 aliphatic carbocycles. The number of anilines is 1. The summed E-state index contributed by atoms with van der Waals surface area (Å²) in [5.41, 5.74) is 2.00. The highest BCUT2D eigenvalue weighted by atomic mass is 16.5. The third kappa shape index (κ3) is 5.11. The fourth-order valence-corrected chi connectivity index (χ4v) is 2.94. The number of carbonyl (C=O) groups is 2. The van der Waals surface area contributed by atoms with Crippen LogP contribution >= 0.6 is 0 Å². The van der Waals surface area contributed by atoms with Crippen molar-refractivity contribution >= 4 is 29.4 Å². The highest BCUT2D eigenvalue weighted by Crippen LogP contribution is 2.27. The molecule has 1 amide bonds. The number of esters is 1. The van der Waals surface area contributed by atoms with Crippen molar-refractivity contribution in [1.29, 1.82) is 0 Å². The molecule has 160 valence electrons. The minimum absolute atomic E-state index is 0.0507. The number of rotatable bonds is 7. The van der Waals surface area contributed by atoms with Gasteiger partial charge in [-0.2, -0.15) is 0 Å². The quantitative estimate of drug-likeness (QED) is 0.662. The molecule has 0 atom stereocenters. The molecule has 3 rings (SSSR count). The van der Waals surface area contributed by atoms with Crippen LogP contribution in [-0.2, 0) is 14.3 Å². The van der Waals surface area contributed by atoms with Gasteiger partial charge in [0.25, 0.3) is 5.91 Å². The predicted octanol–water partition coefficient (Wildman–Crippen LogP) is 3.51. The molecule has 0 radical (unpaired) electrons. The number of hydrogen-bond donors (Lipinski definition) is 2. The van der Waals surface area contributed by atoms with Crippen molar-refractivity contribution in [3.63, 3.8) is 0 Å². The van der Waals surface area contributed by atoms with Crippen LogP contribution in [-0.4, -0.2) is 43.5 Å². The molecule has 0 bridgehead atoms. The Hall–Kier alpha value is -4.07. The van der Waals surface area contributed by atoms with Crippen molar-refractivity contribution in [3.8, 4) is 11.5 Å². The van der Waals surface area contributed by atoms with Crippen LogP contribution in [0.1, 0.15) is 12.5 Å². The molecule has 1 aliphatic heterocycles. The van der Waals surface area contributed by atoms with Gasteiger partial charge >= 0.3 is 5.97 Å². The first-order chi connectivity index (χ1) is 14.9. The van der Waals surface area contributed by atoms with Crippen LogP contribution in [0.5, 0.6) is 11.5 Å². The Balaban J connectivity index is 1.62. The molecule has 1 heterocycles. The van der Waals surface area contributed by atoms with Crippen molar-refractivity contribution < 1.29 is 28.9 Å². The number of benzene rings is 2. The van der Waals surface area contributed by atoms with E-state index in [0.717, 1.165) is 5.56 Å². The zero-order chi connectivity index (χ0) is 22.4. The van der Waals surface area contributed by atoms with Gasteiger partial charge in [0.05, 0.1) is 25.6 Å². The van der Waals surface area contributed by atoms with Crippen LogP contribution in [0.3, 0.4) is 0 Å². The number of nitrogens with one attached hydrogen (secondary N) is 1. The van der Waals surface area contributed by atoms with E-state index in [4.69, 9.17) is 9.47 Å². The van der Waals surface area contributed by atoms with Gasteiger partial charge in [0.1, 0.15) is 22.8 Å². The van der Waals surface area contributed by atoms with Crippen LogP contribution in [0.4, 0.5) is 5.69 Å². The summed E-state index contributed by atoms with van der Waals surface area (Å²) in [7, 11) is 2.77. The Morgan fingerprint density at radius 3 is 2.48 bits per heavy atom. The monoisotopic (exact) mass is 422 g/mol. The molecule has 31 heavy (non-hydrogen) atoms. The summed E-state index contributed by atoms with van der Waals surface area (Å²) in [4.78, 5) is 28.1. The van der Waals surface area contributed by atoms with Crippen molar-refractivity contribution in [2.24, 2.45) is 4.99 Å². The van der Waals surface area contributed by atoms with E-state index in [1.54, 1.807) is 55.5 Å². The summed E-state index contributed by atoms with van der Waals surface area (Å²) in [5, 5.41) is 13.0. The van der Waals surface area contributed by atoms with Gasteiger partial charge in [-0.1, -0.05) is 24.3 Å². The van der Waals surface area contributed by atoms with Crippen LogP contribution in [0.15, 0.2) is 70.6 Å². The minimum atomic E-state index is -0.641. The SMILES string of the molecule is COC(=O)C1=C(O)/C(=C/c2ccc(OCC(=O)Nc3ccccc3OC)cc2)N=C1C. The fraction of sp³-hybridized carbons (Fsp3) is 0.174. The number of hydrogen-bond acceptors (Lipinski definition) is 7. The molecular formula is C23H22N2O6. The maximum atomic E-state index is 12.1. The fourth-order valence-electron chi connectivity index (χ4n) is 2.94. The van der Waals surface area contributed by atoms with E-state index >= 15 is 0 Å². The minimum Gasteiger partial charge on any atom is -0.505 e. The molecular weight excluding hydrogens is 400 g/mol. The smallest absolute Gasteiger partial charge is 0.343 e. The topological polar surface area (TPSA) is 106 Å². The lowest BCUT2D eigenvalue weighted by Gasteiger charge is -2.10. The third-order valence-corrected chi connectivity index (χ3v) is 4.45. The van der Waals surface area contributed by atoms with Crippen molar-refractivity contribution in [2.75, 3.05) is 26.1 Å². The standard InChI is InChI=1S/C23H22N2O6/c1-14-21(23(28)30-3)22(27)18(24-14)12-15-8-10-16(11-9-15)31-13-20(26)25-17-6-4-5-7-19(17)29-2/h4-12,27H,13H2,1-3H3,(H,25,26)/b18-12-. The summed E-state index contributed by atoms with van der Waals surface area (Å²) in [5.74, 6) is -0.129. The molecule has 0 saturated heterocycles. The van der Waals surface area contributed by atoms with Gasteiger partial charge in [-0.15, -0.1) is 0 Å². The number of para-hydroxylation sites is 2. The van der Waals surface area contributed by atoms with E-state index in [-0.39, 0.29) is 29.5 Å². The van der Waals surface area contributed by atoms with E-state index in [1.165, 1.54) is 14.2 Å². The first-order valence-electron chi connectivity index (χ1n) is 9.38. The molecule has 2 aromatic carbocycles. The van der Waals surface area contributed by atoms with Crippen LogP contribution < -0.4 is 14.8 Å². The molecule has 1 aliphatic rings.